The molecule has 0 atom stereocenters. The van der Waals surface area contributed by atoms with Gasteiger partial charge in [-0.05, 0) is 31.2 Å². The van der Waals surface area contributed by atoms with Gasteiger partial charge in [0.1, 0.15) is 4.21 Å². The van der Waals surface area contributed by atoms with Crippen molar-refractivity contribution in [2.45, 2.75) is 17.2 Å². The number of sulfonamides is 1. The van der Waals surface area contributed by atoms with Crippen molar-refractivity contribution < 1.29 is 8.42 Å². The average molecular weight is 310 g/mol. The maximum atomic E-state index is 12.1. The van der Waals surface area contributed by atoms with Crippen LogP contribution >= 0.6 is 11.3 Å². The van der Waals surface area contributed by atoms with E-state index in [1.165, 1.54) is 11.3 Å². The SMILES string of the molecule is CNCc1ccc(S(=O)(=O)NCCc2ccccc2)s1. The van der Waals surface area contributed by atoms with Crippen molar-refractivity contribution in [3.8, 4) is 0 Å². The van der Waals surface area contributed by atoms with E-state index in [1.807, 2.05) is 43.4 Å². The van der Waals surface area contributed by atoms with E-state index in [0.717, 1.165) is 10.4 Å². The molecule has 0 saturated heterocycles. The second kappa shape index (κ2) is 6.99. The van der Waals surface area contributed by atoms with E-state index < -0.39 is 10.0 Å². The largest absolute Gasteiger partial charge is 0.315 e. The van der Waals surface area contributed by atoms with Gasteiger partial charge >= 0.3 is 0 Å². The summed E-state index contributed by atoms with van der Waals surface area (Å²) in [5.74, 6) is 0. The van der Waals surface area contributed by atoms with Crippen LogP contribution in [0, 0.1) is 0 Å². The van der Waals surface area contributed by atoms with E-state index in [9.17, 15) is 8.42 Å². The van der Waals surface area contributed by atoms with Crippen molar-refractivity contribution in [1.82, 2.24) is 10.0 Å². The molecule has 0 unspecified atom stereocenters. The van der Waals surface area contributed by atoms with Gasteiger partial charge in [0.25, 0.3) is 0 Å². The molecule has 1 aromatic heterocycles. The number of benzene rings is 1. The van der Waals surface area contributed by atoms with Gasteiger partial charge in [0.15, 0.2) is 0 Å². The van der Waals surface area contributed by atoms with E-state index >= 15 is 0 Å². The van der Waals surface area contributed by atoms with Crippen LogP contribution in [0.4, 0.5) is 0 Å². The molecule has 0 spiro atoms. The van der Waals surface area contributed by atoms with E-state index in [-0.39, 0.29) is 0 Å². The number of hydrogen-bond acceptors (Lipinski definition) is 4. The molecule has 0 aliphatic rings. The third-order valence-corrected chi connectivity index (χ3v) is 5.84. The van der Waals surface area contributed by atoms with E-state index in [1.54, 1.807) is 6.07 Å². The highest BCUT2D eigenvalue weighted by atomic mass is 32.2. The molecule has 2 N–H and O–H groups in total. The molecule has 108 valence electrons. The first kappa shape index (κ1) is 15.2. The Hall–Kier alpha value is -1.21. The third-order valence-electron chi connectivity index (χ3n) is 2.80. The summed E-state index contributed by atoms with van der Waals surface area (Å²) in [7, 11) is -1.55. The average Bonchev–Trinajstić information content (AvgIpc) is 2.90. The Labute approximate surface area is 123 Å². The smallest absolute Gasteiger partial charge is 0.250 e. The predicted molar refractivity (Wildman–Crippen MR) is 82.4 cm³/mol. The zero-order chi connectivity index (χ0) is 14.4. The van der Waals surface area contributed by atoms with Crippen LogP contribution in [0.2, 0.25) is 0 Å². The van der Waals surface area contributed by atoms with Gasteiger partial charge in [0.05, 0.1) is 0 Å². The summed E-state index contributed by atoms with van der Waals surface area (Å²) in [4.78, 5) is 1.01. The summed E-state index contributed by atoms with van der Waals surface area (Å²) >= 11 is 1.30. The molecule has 0 fully saturated rings. The Balaban J connectivity index is 1.93. The number of nitrogens with one attached hydrogen (secondary N) is 2. The van der Waals surface area contributed by atoms with Crippen LogP contribution in [-0.4, -0.2) is 22.0 Å². The molecule has 2 rings (SSSR count). The second-order valence-corrected chi connectivity index (χ2v) is 7.55. The quantitative estimate of drug-likeness (QED) is 0.822. The van der Waals surface area contributed by atoms with Crippen LogP contribution in [0.1, 0.15) is 10.4 Å². The highest BCUT2D eigenvalue weighted by molar-refractivity contribution is 7.91. The fourth-order valence-corrected chi connectivity index (χ4v) is 4.26. The van der Waals surface area contributed by atoms with Crippen LogP contribution < -0.4 is 10.0 Å². The molecule has 0 radical (unpaired) electrons. The minimum atomic E-state index is -3.39. The number of hydrogen-bond donors (Lipinski definition) is 2. The highest BCUT2D eigenvalue weighted by Gasteiger charge is 2.15. The first-order valence-electron chi connectivity index (χ1n) is 6.39. The maximum Gasteiger partial charge on any atom is 0.250 e. The van der Waals surface area contributed by atoms with Crippen LogP contribution in [0.25, 0.3) is 0 Å². The van der Waals surface area contributed by atoms with Gasteiger partial charge in [-0.1, -0.05) is 30.3 Å². The minimum absolute atomic E-state index is 0.371. The molecule has 6 heteroatoms. The number of rotatable bonds is 7. The molecule has 0 aliphatic carbocycles. The fraction of sp³-hybridized carbons (Fsp3) is 0.286. The lowest BCUT2D eigenvalue weighted by atomic mass is 10.2. The van der Waals surface area contributed by atoms with Gasteiger partial charge in [0, 0.05) is 18.0 Å². The third kappa shape index (κ3) is 4.14. The van der Waals surface area contributed by atoms with E-state index in [4.69, 9.17) is 0 Å². The molecular formula is C14H18N2O2S2. The monoisotopic (exact) mass is 310 g/mol. The molecule has 20 heavy (non-hydrogen) atoms. The van der Waals surface area contributed by atoms with Gasteiger partial charge < -0.3 is 5.32 Å². The van der Waals surface area contributed by atoms with Crippen LogP contribution in [0.3, 0.4) is 0 Å². The first-order valence-corrected chi connectivity index (χ1v) is 8.69. The predicted octanol–water partition coefficient (Wildman–Crippen LogP) is 1.99. The summed E-state index contributed by atoms with van der Waals surface area (Å²) < 4.78 is 27.3. The normalized spacial score (nSPS) is 11.7. The van der Waals surface area contributed by atoms with Crippen molar-refractivity contribution in [2.75, 3.05) is 13.6 Å². The van der Waals surface area contributed by atoms with Gasteiger partial charge in [0.2, 0.25) is 10.0 Å². The van der Waals surface area contributed by atoms with Crippen molar-refractivity contribution in [3.05, 3.63) is 52.9 Å². The summed E-state index contributed by atoms with van der Waals surface area (Å²) in [6.07, 6.45) is 0.689. The zero-order valence-electron chi connectivity index (χ0n) is 11.3. The van der Waals surface area contributed by atoms with Gasteiger partial charge in [-0.15, -0.1) is 11.3 Å². The van der Waals surface area contributed by atoms with Crippen LogP contribution in [0.5, 0.6) is 0 Å². The Morgan fingerprint density at radius 1 is 1.10 bits per heavy atom. The molecule has 0 aliphatic heterocycles. The fourth-order valence-electron chi connectivity index (χ4n) is 1.82. The summed E-state index contributed by atoms with van der Waals surface area (Å²) in [5, 5.41) is 3.01. The molecular weight excluding hydrogens is 292 g/mol. The molecule has 0 saturated carbocycles. The Morgan fingerprint density at radius 2 is 1.85 bits per heavy atom. The van der Waals surface area contributed by atoms with Crippen LogP contribution in [0.15, 0.2) is 46.7 Å². The van der Waals surface area contributed by atoms with E-state index in [2.05, 4.69) is 10.0 Å². The summed E-state index contributed by atoms with van der Waals surface area (Å²) in [6, 6.07) is 13.3. The molecule has 4 nitrogen and oxygen atoms in total. The lowest BCUT2D eigenvalue weighted by Gasteiger charge is -2.04. The lowest BCUT2D eigenvalue weighted by Crippen LogP contribution is -2.25. The topological polar surface area (TPSA) is 58.2 Å². The van der Waals surface area contributed by atoms with Gasteiger partial charge in [-0.2, -0.15) is 0 Å². The molecule has 1 aromatic carbocycles. The zero-order valence-corrected chi connectivity index (χ0v) is 12.9. The summed E-state index contributed by atoms with van der Waals surface area (Å²) in [5.41, 5.74) is 1.12. The Bertz CT molecular complexity index is 636. The molecule has 2 aromatic rings. The standard InChI is InChI=1S/C14H18N2O2S2/c1-15-11-13-7-8-14(19-13)20(17,18)16-10-9-12-5-3-2-4-6-12/h2-8,15-16H,9-11H2,1H3. The van der Waals surface area contributed by atoms with Crippen molar-refractivity contribution in [1.29, 1.82) is 0 Å². The Morgan fingerprint density at radius 3 is 2.55 bits per heavy atom. The second-order valence-electron chi connectivity index (χ2n) is 4.38. The summed E-state index contributed by atoms with van der Waals surface area (Å²) in [6.45, 7) is 1.09. The van der Waals surface area contributed by atoms with Crippen LogP contribution in [-0.2, 0) is 23.0 Å². The highest BCUT2D eigenvalue weighted by Crippen LogP contribution is 2.21. The van der Waals surface area contributed by atoms with Gasteiger partial charge in [-0.25, -0.2) is 13.1 Å². The van der Waals surface area contributed by atoms with Crippen molar-refractivity contribution in [2.24, 2.45) is 0 Å². The van der Waals surface area contributed by atoms with Crippen molar-refractivity contribution >= 4 is 21.4 Å². The minimum Gasteiger partial charge on any atom is -0.315 e. The Kier molecular flexibility index (Phi) is 5.31. The number of thiophene rings is 1. The first-order chi connectivity index (χ1) is 9.62. The van der Waals surface area contributed by atoms with Gasteiger partial charge in [-0.3, -0.25) is 0 Å². The van der Waals surface area contributed by atoms with Crippen molar-refractivity contribution in [3.63, 3.8) is 0 Å². The molecule has 0 bridgehead atoms. The maximum absolute atomic E-state index is 12.1. The molecule has 0 amide bonds. The lowest BCUT2D eigenvalue weighted by molar-refractivity contribution is 0.584. The van der Waals surface area contributed by atoms with E-state index in [0.29, 0.717) is 23.7 Å². The molecule has 1 heterocycles.